The highest BCUT2D eigenvalue weighted by atomic mass is 35.5. The van der Waals surface area contributed by atoms with Crippen LogP contribution in [-0.2, 0) is 0 Å². The lowest BCUT2D eigenvalue weighted by atomic mass is 9.78. The Kier molecular flexibility index (Phi) is 4.47. The van der Waals surface area contributed by atoms with Crippen molar-refractivity contribution in [3.8, 4) is 0 Å². The van der Waals surface area contributed by atoms with Gasteiger partial charge in [-0.25, -0.2) is 5.10 Å². The molecule has 1 aromatic rings. The molecule has 0 amide bonds. The van der Waals surface area contributed by atoms with Gasteiger partial charge in [0.2, 0.25) is 0 Å². The zero-order valence-corrected chi connectivity index (χ0v) is 11.8. The summed E-state index contributed by atoms with van der Waals surface area (Å²) in [6.45, 7) is 2.59. The van der Waals surface area contributed by atoms with Crippen LogP contribution in [0.2, 0.25) is 5.02 Å². The fraction of sp³-hybridized carbons (Fsp3) is 0.692. The van der Waals surface area contributed by atoms with E-state index < -0.39 is 11.2 Å². The van der Waals surface area contributed by atoms with Crippen LogP contribution in [0.4, 0.5) is 5.69 Å². The van der Waals surface area contributed by atoms with Crippen LogP contribution in [0.25, 0.3) is 0 Å². The highest BCUT2D eigenvalue weighted by Crippen LogP contribution is 2.34. The first kappa shape index (κ1) is 14.3. The maximum atomic E-state index is 11.3. The molecule has 0 radical (unpaired) electrons. The monoisotopic (exact) mass is 285 g/mol. The molecule has 1 saturated carbocycles. The number of H-pyrrole nitrogens is 1. The van der Waals surface area contributed by atoms with Gasteiger partial charge in [0.25, 0.3) is 5.56 Å². The molecule has 0 aliphatic heterocycles. The van der Waals surface area contributed by atoms with Crippen molar-refractivity contribution in [2.75, 3.05) is 11.9 Å². The Morgan fingerprint density at radius 2 is 2.26 bits per heavy atom. The van der Waals surface area contributed by atoms with Crippen molar-refractivity contribution in [2.45, 2.75) is 44.6 Å². The van der Waals surface area contributed by atoms with Crippen LogP contribution in [0.15, 0.2) is 11.0 Å². The maximum absolute atomic E-state index is 11.3. The smallest absolute Gasteiger partial charge is 0.285 e. The number of nitrogens with one attached hydrogen (secondary N) is 2. The Morgan fingerprint density at radius 1 is 1.58 bits per heavy atom. The van der Waals surface area contributed by atoms with E-state index in [1.165, 1.54) is 12.6 Å². The molecule has 0 aromatic carbocycles. The second-order valence-electron chi connectivity index (χ2n) is 5.36. The summed E-state index contributed by atoms with van der Waals surface area (Å²) in [5.41, 5.74) is -0.665. The zero-order chi connectivity index (χ0) is 13.9. The number of aliphatic hydroxyl groups is 1. The second-order valence-corrected chi connectivity index (χ2v) is 5.73. The Bertz CT molecular complexity index is 481. The van der Waals surface area contributed by atoms with E-state index in [2.05, 4.69) is 22.4 Å². The molecule has 6 heteroatoms. The molecule has 0 saturated heterocycles. The quantitative estimate of drug-likeness (QED) is 0.792. The van der Waals surface area contributed by atoms with E-state index in [4.69, 9.17) is 11.6 Å². The molecule has 3 N–H and O–H groups in total. The van der Waals surface area contributed by atoms with Crippen LogP contribution < -0.4 is 10.9 Å². The average molecular weight is 286 g/mol. The molecule has 0 spiro atoms. The van der Waals surface area contributed by atoms with E-state index in [0.29, 0.717) is 12.2 Å². The van der Waals surface area contributed by atoms with Crippen LogP contribution in [0.1, 0.15) is 39.0 Å². The fourth-order valence-electron chi connectivity index (χ4n) is 2.57. The molecule has 0 bridgehead atoms. The summed E-state index contributed by atoms with van der Waals surface area (Å²) >= 11 is 5.87. The second kappa shape index (κ2) is 5.92. The topological polar surface area (TPSA) is 78.0 Å². The maximum Gasteiger partial charge on any atom is 0.285 e. The van der Waals surface area contributed by atoms with Gasteiger partial charge in [0, 0.05) is 6.54 Å². The molecule has 1 aliphatic rings. The minimum absolute atomic E-state index is 0.0841. The van der Waals surface area contributed by atoms with Crippen molar-refractivity contribution in [3.05, 3.63) is 21.6 Å². The van der Waals surface area contributed by atoms with E-state index in [1.807, 2.05) is 0 Å². The number of hydrogen-bond acceptors (Lipinski definition) is 4. The minimum Gasteiger partial charge on any atom is -0.388 e. The summed E-state index contributed by atoms with van der Waals surface area (Å²) in [4.78, 5) is 11.3. The Labute approximate surface area is 117 Å². The van der Waals surface area contributed by atoms with E-state index in [0.717, 1.165) is 31.6 Å². The number of aromatic amines is 1. The molecular weight excluding hydrogens is 266 g/mol. The van der Waals surface area contributed by atoms with Crippen molar-refractivity contribution in [1.29, 1.82) is 0 Å². The molecule has 106 valence electrons. The molecule has 5 nitrogen and oxygen atoms in total. The zero-order valence-electron chi connectivity index (χ0n) is 11.1. The molecule has 1 fully saturated rings. The molecule has 19 heavy (non-hydrogen) atoms. The summed E-state index contributed by atoms with van der Waals surface area (Å²) < 4.78 is 0. The van der Waals surface area contributed by atoms with Crippen LogP contribution in [-0.4, -0.2) is 27.4 Å². The SMILES string of the molecule is CCC1CCC(O)(CNc2cn[nH]c(=O)c2Cl)CC1. The third-order valence-corrected chi connectivity index (χ3v) is 4.39. The van der Waals surface area contributed by atoms with Crippen LogP contribution in [0, 0.1) is 5.92 Å². The summed E-state index contributed by atoms with van der Waals surface area (Å²) in [6.07, 6.45) is 6.31. The molecule has 1 aromatic heterocycles. The normalized spacial score (nSPS) is 27.2. The lowest BCUT2D eigenvalue weighted by Crippen LogP contribution is -2.40. The molecule has 1 heterocycles. The molecule has 0 unspecified atom stereocenters. The van der Waals surface area contributed by atoms with Crippen molar-refractivity contribution >= 4 is 17.3 Å². The van der Waals surface area contributed by atoms with Crippen molar-refractivity contribution in [1.82, 2.24) is 10.2 Å². The Balaban J connectivity index is 1.95. The first-order valence-corrected chi connectivity index (χ1v) is 7.11. The van der Waals surface area contributed by atoms with Gasteiger partial charge in [-0.05, 0) is 31.6 Å². The lowest BCUT2D eigenvalue weighted by molar-refractivity contribution is 0.00229. The van der Waals surface area contributed by atoms with E-state index >= 15 is 0 Å². The number of anilines is 1. The first-order valence-electron chi connectivity index (χ1n) is 6.73. The number of hydrogen-bond donors (Lipinski definition) is 3. The summed E-state index contributed by atoms with van der Waals surface area (Å²) in [7, 11) is 0. The lowest BCUT2D eigenvalue weighted by Gasteiger charge is -2.36. The fourth-order valence-corrected chi connectivity index (χ4v) is 2.72. The van der Waals surface area contributed by atoms with Gasteiger partial charge in [-0.3, -0.25) is 4.79 Å². The standard InChI is InChI=1S/C13H20ClN3O2/c1-2-9-3-5-13(19,6-4-9)8-15-10-7-16-17-12(18)11(10)14/h7,9,19H,2-6,8H2,1H3,(H2,15,17,18). The average Bonchev–Trinajstić information content (AvgIpc) is 2.41. The first-order chi connectivity index (χ1) is 9.04. The van der Waals surface area contributed by atoms with Gasteiger partial charge in [0.05, 0.1) is 17.5 Å². The Morgan fingerprint density at radius 3 is 2.89 bits per heavy atom. The third kappa shape index (κ3) is 3.48. The summed E-state index contributed by atoms with van der Waals surface area (Å²) in [6, 6.07) is 0. The van der Waals surface area contributed by atoms with Gasteiger partial charge in [-0.1, -0.05) is 24.9 Å². The van der Waals surface area contributed by atoms with Crippen LogP contribution in [0.3, 0.4) is 0 Å². The largest absolute Gasteiger partial charge is 0.388 e. The molecular formula is C13H20ClN3O2. The predicted octanol–water partition coefficient (Wildman–Crippen LogP) is 2.17. The number of aromatic nitrogens is 2. The van der Waals surface area contributed by atoms with E-state index in [-0.39, 0.29) is 5.02 Å². The van der Waals surface area contributed by atoms with Crippen LogP contribution in [0.5, 0.6) is 0 Å². The highest BCUT2D eigenvalue weighted by Gasteiger charge is 2.32. The third-order valence-electron chi connectivity index (χ3n) is 4.02. The predicted molar refractivity (Wildman–Crippen MR) is 75.6 cm³/mol. The van der Waals surface area contributed by atoms with Gasteiger partial charge in [-0.15, -0.1) is 0 Å². The summed E-state index contributed by atoms with van der Waals surface area (Å²) in [5.74, 6) is 0.727. The van der Waals surface area contributed by atoms with Crippen LogP contribution >= 0.6 is 11.6 Å². The van der Waals surface area contributed by atoms with Gasteiger partial charge in [0.15, 0.2) is 0 Å². The minimum atomic E-state index is -0.711. The molecule has 0 atom stereocenters. The summed E-state index contributed by atoms with van der Waals surface area (Å²) in [5, 5.41) is 19.6. The number of nitrogens with zero attached hydrogens (tertiary/aromatic N) is 1. The number of halogens is 1. The van der Waals surface area contributed by atoms with Gasteiger partial charge in [-0.2, -0.15) is 5.10 Å². The molecule has 2 rings (SSSR count). The van der Waals surface area contributed by atoms with Gasteiger partial charge in [0.1, 0.15) is 5.02 Å². The van der Waals surface area contributed by atoms with Crippen molar-refractivity contribution in [3.63, 3.8) is 0 Å². The van der Waals surface area contributed by atoms with Gasteiger partial charge >= 0.3 is 0 Å². The van der Waals surface area contributed by atoms with Gasteiger partial charge < -0.3 is 10.4 Å². The van der Waals surface area contributed by atoms with Crippen molar-refractivity contribution in [2.24, 2.45) is 5.92 Å². The van der Waals surface area contributed by atoms with Crippen molar-refractivity contribution < 1.29 is 5.11 Å². The number of rotatable bonds is 4. The highest BCUT2D eigenvalue weighted by molar-refractivity contribution is 6.32. The Hall–Kier alpha value is -1.07. The van der Waals surface area contributed by atoms with E-state index in [1.54, 1.807) is 0 Å². The van der Waals surface area contributed by atoms with E-state index in [9.17, 15) is 9.90 Å². The molecule has 1 aliphatic carbocycles.